The molecule has 0 radical (unpaired) electrons. The van der Waals surface area contributed by atoms with Crippen molar-refractivity contribution in [1.29, 1.82) is 0 Å². The minimum atomic E-state index is 0. The highest BCUT2D eigenvalue weighted by molar-refractivity contribution is 14.0. The molecule has 3 rings (SSSR count). The number of anilines is 1. The van der Waals surface area contributed by atoms with Crippen LogP contribution >= 0.6 is 24.0 Å². The number of aryl methyl sites for hydroxylation is 1. The van der Waals surface area contributed by atoms with Gasteiger partial charge in [-0.05, 0) is 31.0 Å². The molecule has 9 nitrogen and oxygen atoms in total. The molecule has 10 heteroatoms. The van der Waals surface area contributed by atoms with Crippen molar-refractivity contribution in [3.63, 3.8) is 0 Å². The first-order valence-electron chi connectivity index (χ1n) is 10.8. The van der Waals surface area contributed by atoms with Crippen LogP contribution < -0.4 is 20.1 Å². The van der Waals surface area contributed by atoms with Gasteiger partial charge in [-0.25, -0.2) is 0 Å². The van der Waals surface area contributed by atoms with Crippen LogP contribution in [-0.2, 0) is 16.0 Å². The Balaban J connectivity index is 0.00000363. The third-order valence-corrected chi connectivity index (χ3v) is 4.57. The second-order valence-electron chi connectivity index (χ2n) is 7.08. The molecule has 0 fully saturated rings. The number of nitrogens with one attached hydrogen (secondary N) is 2. The van der Waals surface area contributed by atoms with E-state index < -0.39 is 0 Å². The minimum Gasteiger partial charge on any atom is -0.490 e. The fourth-order valence-electron chi connectivity index (χ4n) is 3.00. The Bertz CT molecular complexity index is 789. The lowest BCUT2D eigenvalue weighted by atomic mass is 10.2. The number of aliphatic imine (C=N–C) groups is 1. The van der Waals surface area contributed by atoms with Crippen LogP contribution in [0.4, 0.5) is 5.69 Å². The molecule has 0 aliphatic carbocycles. The summed E-state index contributed by atoms with van der Waals surface area (Å²) in [6.07, 6.45) is 6.40. The number of ether oxygens (including phenoxy) is 4. The number of hydrogen-bond donors (Lipinski definition) is 2. The molecule has 1 aliphatic heterocycles. The molecule has 0 saturated carbocycles. The number of fused-ring (bicyclic) bond motifs is 1. The third kappa shape index (κ3) is 9.61. The van der Waals surface area contributed by atoms with Gasteiger partial charge in [-0.1, -0.05) is 0 Å². The Kier molecular flexibility index (Phi) is 12.9. The number of aromatic nitrogens is 2. The summed E-state index contributed by atoms with van der Waals surface area (Å²) in [6.45, 7) is 5.51. The Morgan fingerprint density at radius 3 is 2.84 bits per heavy atom. The summed E-state index contributed by atoms with van der Waals surface area (Å²) < 4.78 is 23.9. The molecule has 1 aliphatic rings. The van der Waals surface area contributed by atoms with Crippen LogP contribution in [0.3, 0.4) is 0 Å². The van der Waals surface area contributed by atoms with E-state index in [1.165, 1.54) is 0 Å². The first kappa shape index (κ1) is 26.2. The van der Waals surface area contributed by atoms with Crippen LogP contribution in [0.5, 0.6) is 11.5 Å². The summed E-state index contributed by atoms with van der Waals surface area (Å²) in [6, 6.07) is 7.79. The van der Waals surface area contributed by atoms with Gasteiger partial charge < -0.3 is 29.6 Å². The van der Waals surface area contributed by atoms with Crippen LogP contribution in [0.25, 0.3) is 0 Å². The maximum Gasteiger partial charge on any atom is 0.195 e. The summed E-state index contributed by atoms with van der Waals surface area (Å²) in [5.41, 5.74) is 0.902. The minimum absolute atomic E-state index is 0. The predicted octanol–water partition coefficient (Wildman–Crippen LogP) is 3.16. The van der Waals surface area contributed by atoms with Gasteiger partial charge in [0.25, 0.3) is 0 Å². The highest BCUT2D eigenvalue weighted by atomic mass is 127. The van der Waals surface area contributed by atoms with E-state index in [4.69, 9.17) is 23.9 Å². The van der Waals surface area contributed by atoms with Crippen molar-refractivity contribution in [2.45, 2.75) is 25.8 Å². The molecule has 0 spiro atoms. The molecular weight excluding hydrogens is 525 g/mol. The zero-order valence-electron chi connectivity index (χ0n) is 18.6. The molecular formula is C22H34IN5O4. The van der Waals surface area contributed by atoms with Gasteiger partial charge in [-0.2, -0.15) is 5.10 Å². The lowest BCUT2D eigenvalue weighted by molar-refractivity contribution is 0.0699. The highest BCUT2D eigenvalue weighted by Crippen LogP contribution is 2.32. The Morgan fingerprint density at radius 1 is 1.16 bits per heavy atom. The molecule has 2 heterocycles. The van der Waals surface area contributed by atoms with E-state index in [2.05, 4.69) is 15.7 Å². The second-order valence-corrected chi connectivity index (χ2v) is 7.08. The van der Waals surface area contributed by atoms with Crippen molar-refractivity contribution in [3.05, 3.63) is 36.7 Å². The molecule has 2 aromatic rings. The maximum atomic E-state index is 5.79. The molecule has 0 bridgehead atoms. The normalized spacial score (nSPS) is 13.2. The van der Waals surface area contributed by atoms with E-state index in [-0.39, 0.29) is 24.0 Å². The SMILES string of the molecule is COCCOCCCNC(=NCCCn1cccn1)Nc1ccc2c(c1)OCCCO2.I. The van der Waals surface area contributed by atoms with Crippen molar-refractivity contribution < 1.29 is 18.9 Å². The van der Waals surface area contributed by atoms with Gasteiger partial charge >= 0.3 is 0 Å². The highest BCUT2D eigenvalue weighted by Gasteiger charge is 2.11. The zero-order valence-corrected chi connectivity index (χ0v) is 21.0. The molecule has 1 aromatic heterocycles. The van der Waals surface area contributed by atoms with Gasteiger partial charge in [0.2, 0.25) is 0 Å². The second kappa shape index (κ2) is 15.7. The summed E-state index contributed by atoms with van der Waals surface area (Å²) >= 11 is 0. The number of halogens is 1. The molecule has 178 valence electrons. The standard InChI is InChI=1S/C22H33N5O4.HI/c1-28-16-17-29-13-4-9-24-22(23-8-2-11-27-12-3-10-25-27)26-19-6-7-20-21(18-19)31-15-5-14-30-20;/h3,6-7,10,12,18H,2,4-5,8-9,11,13-17H2,1H3,(H2,23,24,26);1H. The maximum absolute atomic E-state index is 5.79. The number of rotatable bonds is 12. The third-order valence-electron chi connectivity index (χ3n) is 4.57. The topological polar surface area (TPSA) is 91.2 Å². The summed E-state index contributed by atoms with van der Waals surface area (Å²) in [5.74, 6) is 2.26. The van der Waals surface area contributed by atoms with Crippen LogP contribution in [0.1, 0.15) is 19.3 Å². The number of methoxy groups -OCH3 is 1. The summed E-state index contributed by atoms with van der Waals surface area (Å²) in [5, 5.41) is 11.0. The lowest BCUT2D eigenvalue weighted by Crippen LogP contribution is -2.32. The van der Waals surface area contributed by atoms with E-state index >= 15 is 0 Å². The summed E-state index contributed by atoms with van der Waals surface area (Å²) in [7, 11) is 1.67. The largest absolute Gasteiger partial charge is 0.490 e. The Morgan fingerprint density at radius 2 is 2.03 bits per heavy atom. The lowest BCUT2D eigenvalue weighted by Gasteiger charge is -2.15. The quantitative estimate of drug-likeness (QED) is 0.179. The molecule has 32 heavy (non-hydrogen) atoms. The average molecular weight is 559 g/mol. The van der Waals surface area contributed by atoms with Gasteiger partial charge in [0.05, 0.1) is 26.4 Å². The van der Waals surface area contributed by atoms with Crippen molar-refractivity contribution >= 4 is 35.6 Å². The molecule has 0 saturated heterocycles. The van der Waals surface area contributed by atoms with Gasteiger partial charge in [-0.15, -0.1) is 24.0 Å². The van der Waals surface area contributed by atoms with Gasteiger partial charge in [0.1, 0.15) is 0 Å². The summed E-state index contributed by atoms with van der Waals surface area (Å²) in [4.78, 5) is 4.72. The monoisotopic (exact) mass is 559 g/mol. The fraction of sp³-hybridized carbons (Fsp3) is 0.545. The number of hydrogen-bond acceptors (Lipinski definition) is 6. The number of nitrogens with zero attached hydrogens (tertiary/aromatic N) is 3. The van der Waals surface area contributed by atoms with Gasteiger partial charge in [-0.3, -0.25) is 9.67 Å². The molecule has 2 N–H and O–H groups in total. The van der Waals surface area contributed by atoms with Crippen LogP contribution in [-0.4, -0.2) is 69.0 Å². The van der Waals surface area contributed by atoms with Crippen molar-refractivity contribution in [2.75, 3.05) is 58.6 Å². The number of benzene rings is 1. The Labute approximate surface area is 206 Å². The first-order chi connectivity index (χ1) is 15.3. The zero-order chi connectivity index (χ0) is 21.6. The van der Waals surface area contributed by atoms with E-state index in [0.29, 0.717) is 39.6 Å². The van der Waals surface area contributed by atoms with E-state index in [1.807, 2.05) is 35.1 Å². The molecule has 0 atom stereocenters. The molecule has 0 unspecified atom stereocenters. The van der Waals surface area contributed by atoms with Gasteiger partial charge in [0, 0.05) is 63.9 Å². The van der Waals surface area contributed by atoms with Crippen LogP contribution in [0.2, 0.25) is 0 Å². The van der Waals surface area contributed by atoms with Crippen LogP contribution in [0, 0.1) is 0 Å². The van der Waals surface area contributed by atoms with Crippen LogP contribution in [0.15, 0.2) is 41.7 Å². The smallest absolute Gasteiger partial charge is 0.195 e. The molecule has 1 aromatic carbocycles. The van der Waals surface area contributed by atoms with Gasteiger partial charge in [0.15, 0.2) is 17.5 Å². The van der Waals surface area contributed by atoms with Crippen molar-refractivity contribution in [2.24, 2.45) is 4.99 Å². The fourth-order valence-corrected chi connectivity index (χ4v) is 3.00. The predicted molar refractivity (Wildman–Crippen MR) is 136 cm³/mol. The first-order valence-corrected chi connectivity index (χ1v) is 10.8. The van der Waals surface area contributed by atoms with Crippen molar-refractivity contribution in [3.8, 4) is 11.5 Å². The van der Waals surface area contributed by atoms with Crippen molar-refractivity contribution in [1.82, 2.24) is 15.1 Å². The average Bonchev–Trinajstić information content (AvgIpc) is 3.19. The molecule has 0 amide bonds. The Hall–Kier alpha value is -2.05. The van der Waals surface area contributed by atoms with E-state index in [9.17, 15) is 0 Å². The van der Waals surface area contributed by atoms with E-state index in [1.54, 1.807) is 13.3 Å². The number of guanidine groups is 1. The van der Waals surface area contributed by atoms with E-state index in [0.717, 1.165) is 55.5 Å².